The molecule has 0 aromatic rings. The molecule has 0 aromatic carbocycles. The molecule has 0 aliphatic rings. The van der Waals surface area contributed by atoms with E-state index in [1.54, 1.807) is 0 Å². The molecule has 146 valence electrons. The van der Waals surface area contributed by atoms with Gasteiger partial charge in [0.1, 0.15) is 6.61 Å². The van der Waals surface area contributed by atoms with E-state index in [4.69, 9.17) is 21.4 Å². The lowest BCUT2D eigenvalue weighted by Crippen LogP contribution is -2.16. The van der Waals surface area contributed by atoms with Gasteiger partial charge in [0.2, 0.25) is 0 Å². The van der Waals surface area contributed by atoms with Crippen LogP contribution in [-0.2, 0) is 9.53 Å². The maximum absolute atomic E-state index is 11.4. The van der Waals surface area contributed by atoms with Crippen molar-refractivity contribution in [1.29, 1.82) is 0 Å². The van der Waals surface area contributed by atoms with E-state index in [0.29, 0.717) is 6.42 Å². The van der Waals surface area contributed by atoms with Crippen molar-refractivity contribution >= 4 is 17.6 Å². The number of halogens is 1. The molecule has 0 spiro atoms. The average molecular weight is 373 g/mol. The summed E-state index contributed by atoms with van der Waals surface area (Å²) in [5.74, 6) is -0.218. The lowest BCUT2D eigenvalue weighted by molar-refractivity contribution is -0.143. The number of alkyl halides is 1. The summed E-state index contributed by atoms with van der Waals surface area (Å²) in [5, 5.41) is 8.24. The Labute approximate surface area is 159 Å². The lowest BCUT2D eigenvalue weighted by Gasteiger charge is -2.07. The predicted molar refractivity (Wildman–Crippen MR) is 107 cm³/mol. The molecule has 0 aromatic heterocycles. The number of allylic oxidation sites excluding steroid dienone is 4. The van der Waals surface area contributed by atoms with E-state index in [1.807, 2.05) is 0 Å². The number of rotatable bonds is 17. The van der Waals surface area contributed by atoms with Gasteiger partial charge in [-0.05, 0) is 38.5 Å². The maximum Gasteiger partial charge on any atom is 0.305 e. The summed E-state index contributed by atoms with van der Waals surface area (Å²) in [6.07, 6.45) is 22.4. The van der Waals surface area contributed by atoms with Crippen LogP contribution < -0.4 is 0 Å². The monoisotopic (exact) mass is 372 g/mol. The van der Waals surface area contributed by atoms with E-state index in [1.165, 1.54) is 38.5 Å². The van der Waals surface area contributed by atoms with Crippen molar-refractivity contribution in [3.05, 3.63) is 24.3 Å². The number of aliphatic hydroxyl groups is 1. The standard InChI is InChI=1S/C21H37ClO3/c1-2-3-4-5-6-7-8-9-10-11-12-13-14-15-16-17-21(24)25-19-20(22)18-23/h6-7,9-10,20,23H,2-5,8,11-19H2,1H3/b7-6-,10-9-/t20-/m1/s1. The van der Waals surface area contributed by atoms with Crippen molar-refractivity contribution in [3.63, 3.8) is 0 Å². The molecule has 0 saturated heterocycles. The zero-order chi connectivity index (χ0) is 18.6. The Morgan fingerprint density at radius 1 is 0.960 bits per heavy atom. The van der Waals surface area contributed by atoms with Crippen molar-refractivity contribution in [2.45, 2.75) is 89.4 Å². The van der Waals surface area contributed by atoms with Crippen molar-refractivity contribution < 1.29 is 14.6 Å². The molecule has 0 radical (unpaired) electrons. The number of unbranched alkanes of at least 4 members (excludes halogenated alkanes) is 8. The Balaban J connectivity index is 3.30. The second kappa shape index (κ2) is 19.5. The van der Waals surface area contributed by atoms with Crippen molar-refractivity contribution in [2.75, 3.05) is 13.2 Å². The first kappa shape index (κ1) is 24.2. The summed E-state index contributed by atoms with van der Waals surface area (Å²) in [7, 11) is 0. The first-order chi connectivity index (χ1) is 12.2. The highest BCUT2D eigenvalue weighted by Gasteiger charge is 2.07. The molecule has 0 aliphatic carbocycles. The van der Waals surface area contributed by atoms with Gasteiger partial charge in [-0.15, -0.1) is 11.6 Å². The van der Waals surface area contributed by atoms with Crippen molar-refractivity contribution in [3.8, 4) is 0 Å². The van der Waals surface area contributed by atoms with Gasteiger partial charge in [0.25, 0.3) is 0 Å². The highest BCUT2D eigenvalue weighted by molar-refractivity contribution is 6.20. The number of hydrogen-bond acceptors (Lipinski definition) is 3. The third-order valence-corrected chi connectivity index (χ3v) is 4.22. The fourth-order valence-electron chi connectivity index (χ4n) is 2.39. The first-order valence-electron chi connectivity index (χ1n) is 9.91. The quantitative estimate of drug-likeness (QED) is 0.149. The average Bonchev–Trinajstić information content (AvgIpc) is 2.62. The molecule has 0 heterocycles. The second-order valence-electron chi connectivity index (χ2n) is 6.44. The SMILES string of the molecule is CCCCC/C=C\C/C=C\CCCCCCCC(=O)OC[C@H](Cl)CO. The molecule has 4 heteroatoms. The van der Waals surface area contributed by atoms with Crippen LogP contribution in [0.5, 0.6) is 0 Å². The molecule has 3 nitrogen and oxygen atoms in total. The van der Waals surface area contributed by atoms with E-state index in [0.717, 1.165) is 32.1 Å². The van der Waals surface area contributed by atoms with Crippen LogP contribution >= 0.6 is 11.6 Å². The summed E-state index contributed by atoms with van der Waals surface area (Å²) in [4.78, 5) is 11.4. The molecule has 1 atom stereocenters. The Bertz CT molecular complexity index is 353. The largest absolute Gasteiger partial charge is 0.464 e. The third-order valence-electron chi connectivity index (χ3n) is 3.95. The van der Waals surface area contributed by atoms with Crippen LogP contribution in [0.15, 0.2) is 24.3 Å². The molecular formula is C21H37ClO3. The van der Waals surface area contributed by atoms with E-state index >= 15 is 0 Å². The Morgan fingerprint density at radius 2 is 1.56 bits per heavy atom. The molecule has 1 N–H and O–H groups in total. The van der Waals surface area contributed by atoms with Gasteiger partial charge in [-0.3, -0.25) is 4.79 Å². The van der Waals surface area contributed by atoms with Gasteiger partial charge in [0, 0.05) is 6.42 Å². The van der Waals surface area contributed by atoms with Crippen LogP contribution in [0.2, 0.25) is 0 Å². The highest BCUT2D eigenvalue weighted by atomic mass is 35.5. The molecule has 0 aliphatic heterocycles. The Kier molecular flexibility index (Phi) is 18.9. The number of carbonyl (C=O) groups excluding carboxylic acids is 1. The minimum Gasteiger partial charge on any atom is -0.464 e. The summed E-state index contributed by atoms with van der Waals surface area (Å²) in [6.45, 7) is 2.16. The van der Waals surface area contributed by atoms with Gasteiger partial charge >= 0.3 is 5.97 Å². The molecule has 0 rings (SSSR count). The summed E-state index contributed by atoms with van der Waals surface area (Å²) < 4.78 is 4.97. The van der Waals surface area contributed by atoms with Gasteiger partial charge in [-0.1, -0.05) is 63.3 Å². The van der Waals surface area contributed by atoms with Crippen LogP contribution in [0, 0.1) is 0 Å². The van der Waals surface area contributed by atoms with E-state index < -0.39 is 5.38 Å². The van der Waals surface area contributed by atoms with Gasteiger partial charge in [-0.2, -0.15) is 0 Å². The lowest BCUT2D eigenvalue weighted by atomic mass is 10.1. The fourth-order valence-corrected chi connectivity index (χ4v) is 2.45. The number of esters is 1. The van der Waals surface area contributed by atoms with Gasteiger partial charge in [0.05, 0.1) is 12.0 Å². The normalized spacial score (nSPS) is 12.9. The number of aliphatic hydroxyl groups excluding tert-OH is 1. The van der Waals surface area contributed by atoms with Crippen LogP contribution in [-0.4, -0.2) is 29.7 Å². The molecular weight excluding hydrogens is 336 g/mol. The maximum atomic E-state index is 11.4. The first-order valence-corrected chi connectivity index (χ1v) is 10.3. The molecule has 0 amide bonds. The zero-order valence-electron chi connectivity index (χ0n) is 15.9. The summed E-state index contributed by atoms with van der Waals surface area (Å²) >= 11 is 5.67. The minimum atomic E-state index is -0.492. The van der Waals surface area contributed by atoms with Crippen molar-refractivity contribution in [1.82, 2.24) is 0 Å². The van der Waals surface area contributed by atoms with Gasteiger partial charge < -0.3 is 9.84 Å². The number of ether oxygens (including phenoxy) is 1. The highest BCUT2D eigenvalue weighted by Crippen LogP contribution is 2.09. The number of carbonyl (C=O) groups is 1. The van der Waals surface area contributed by atoms with E-state index in [9.17, 15) is 4.79 Å². The van der Waals surface area contributed by atoms with Gasteiger partial charge in [0.15, 0.2) is 0 Å². The molecule has 0 fully saturated rings. The third kappa shape index (κ3) is 19.4. The minimum absolute atomic E-state index is 0.0944. The second-order valence-corrected chi connectivity index (χ2v) is 7.06. The summed E-state index contributed by atoms with van der Waals surface area (Å²) in [5.41, 5.74) is 0. The van der Waals surface area contributed by atoms with Crippen LogP contribution in [0.3, 0.4) is 0 Å². The zero-order valence-corrected chi connectivity index (χ0v) is 16.7. The topological polar surface area (TPSA) is 46.5 Å². The van der Waals surface area contributed by atoms with Gasteiger partial charge in [-0.25, -0.2) is 0 Å². The van der Waals surface area contributed by atoms with Crippen molar-refractivity contribution in [2.24, 2.45) is 0 Å². The van der Waals surface area contributed by atoms with Crippen LogP contribution in [0.4, 0.5) is 0 Å². The Morgan fingerprint density at radius 3 is 2.20 bits per heavy atom. The van der Waals surface area contributed by atoms with Crippen LogP contribution in [0.1, 0.15) is 84.0 Å². The van der Waals surface area contributed by atoms with E-state index in [-0.39, 0.29) is 19.2 Å². The summed E-state index contributed by atoms with van der Waals surface area (Å²) in [6, 6.07) is 0. The Hall–Kier alpha value is -0.800. The smallest absolute Gasteiger partial charge is 0.305 e. The molecule has 0 saturated carbocycles. The molecule has 25 heavy (non-hydrogen) atoms. The molecule has 0 unspecified atom stereocenters. The fraction of sp³-hybridized carbons (Fsp3) is 0.762. The number of hydrogen-bond donors (Lipinski definition) is 1. The predicted octanol–water partition coefficient (Wildman–Crippen LogP) is 5.94. The molecule has 0 bridgehead atoms. The van der Waals surface area contributed by atoms with E-state index in [2.05, 4.69) is 31.2 Å². The van der Waals surface area contributed by atoms with Crippen LogP contribution in [0.25, 0.3) is 0 Å².